The minimum atomic E-state index is -0.798. The zero-order chi connectivity index (χ0) is 28.4. The quantitative estimate of drug-likeness (QED) is 0.141. The number of allylic oxidation sites excluding steroid dienone is 1. The fourth-order valence-corrected chi connectivity index (χ4v) is 5.61. The van der Waals surface area contributed by atoms with Gasteiger partial charge in [-0.05, 0) is 54.8 Å². The lowest BCUT2D eigenvalue weighted by atomic mass is 9.94. The summed E-state index contributed by atoms with van der Waals surface area (Å²) >= 11 is 7.71. The number of nitro groups is 1. The lowest BCUT2D eigenvalue weighted by molar-refractivity contribution is -0.385. The van der Waals surface area contributed by atoms with Gasteiger partial charge in [0.05, 0.1) is 17.6 Å². The first-order valence-electron chi connectivity index (χ1n) is 12.3. The molecule has 1 amide bonds. The molecule has 0 saturated carbocycles. The molecule has 3 aromatic carbocycles. The standard InChI is InChI=1S/C28H25ClN6O4S/c1-16-7-6-9-20(13-16)31-26(36)24-17(2)30-27-32-28(40-15-19-8-4-5-10-21(19)29)33-34(27)25(24)18-11-12-23(39-3)22(14-18)35(37)38/h4-14,25H,15H2,1-3H3,(H,31,36)(H,30,32,33). The smallest absolute Gasteiger partial charge is 0.311 e. The molecule has 0 saturated heterocycles. The number of benzene rings is 3. The second kappa shape index (κ2) is 11.4. The van der Waals surface area contributed by atoms with Crippen LogP contribution in [0.5, 0.6) is 5.75 Å². The highest BCUT2D eigenvalue weighted by molar-refractivity contribution is 7.98. The van der Waals surface area contributed by atoms with Crippen LogP contribution < -0.4 is 15.4 Å². The maximum Gasteiger partial charge on any atom is 0.311 e. The maximum absolute atomic E-state index is 13.7. The number of hydrogen-bond donors (Lipinski definition) is 2. The van der Waals surface area contributed by atoms with Crippen molar-refractivity contribution >= 4 is 46.6 Å². The van der Waals surface area contributed by atoms with Crippen LogP contribution in [0.1, 0.15) is 29.7 Å². The molecule has 0 aliphatic carbocycles. The van der Waals surface area contributed by atoms with E-state index in [-0.39, 0.29) is 17.3 Å². The molecule has 2 heterocycles. The van der Waals surface area contributed by atoms with Gasteiger partial charge in [-0.1, -0.05) is 59.8 Å². The summed E-state index contributed by atoms with van der Waals surface area (Å²) in [5.41, 5.74) is 3.72. The van der Waals surface area contributed by atoms with Crippen molar-refractivity contribution < 1.29 is 14.5 Å². The van der Waals surface area contributed by atoms with E-state index in [0.717, 1.165) is 11.1 Å². The van der Waals surface area contributed by atoms with Crippen LogP contribution in [0.15, 0.2) is 83.2 Å². The Morgan fingerprint density at radius 3 is 2.70 bits per heavy atom. The largest absolute Gasteiger partial charge is 0.490 e. The highest BCUT2D eigenvalue weighted by atomic mass is 35.5. The second-order valence-corrected chi connectivity index (χ2v) is 10.5. The number of hydrogen-bond acceptors (Lipinski definition) is 8. The van der Waals surface area contributed by atoms with E-state index in [1.165, 1.54) is 31.0 Å². The molecule has 1 aromatic heterocycles. The summed E-state index contributed by atoms with van der Waals surface area (Å²) in [5, 5.41) is 23.8. The third-order valence-electron chi connectivity index (χ3n) is 6.38. The predicted octanol–water partition coefficient (Wildman–Crippen LogP) is 6.38. The summed E-state index contributed by atoms with van der Waals surface area (Å²) in [6.07, 6.45) is 0. The Labute approximate surface area is 239 Å². The number of methoxy groups -OCH3 is 1. The number of fused-ring (bicyclic) bond motifs is 1. The van der Waals surface area contributed by atoms with Crippen LogP contribution in [-0.2, 0) is 10.5 Å². The summed E-state index contributed by atoms with van der Waals surface area (Å²) in [6.45, 7) is 3.70. The number of nitrogens with zero attached hydrogens (tertiary/aromatic N) is 4. The Balaban J connectivity index is 1.56. The molecule has 10 nitrogen and oxygen atoms in total. The van der Waals surface area contributed by atoms with E-state index in [0.29, 0.717) is 44.4 Å². The lowest BCUT2D eigenvalue weighted by Crippen LogP contribution is -2.31. The molecule has 0 radical (unpaired) electrons. The molecule has 1 atom stereocenters. The molecule has 0 fully saturated rings. The van der Waals surface area contributed by atoms with Gasteiger partial charge < -0.3 is 15.4 Å². The zero-order valence-corrected chi connectivity index (χ0v) is 23.4. The third kappa shape index (κ3) is 5.51. The number of nitro benzene ring substituents is 1. The van der Waals surface area contributed by atoms with Crippen molar-refractivity contribution in [2.45, 2.75) is 30.8 Å². The molecule has 5 rings (SSSR count). The lowest BCUT2D eigenvalue weighted by Gasteiger charge is -2.28. The van der Waals surface area contributed by atoms with Crippen molar-refractivity contribution in [1.82, 2.24) is 14.8 Å². The molecule has 12 heteroatoms. The van der Waals surface area contributed by atoms with Crippen LogP contribution in [0, 0.1) is 17.0 Å². The highest BCUT2D eigenvalue weighted by Crippen LogP contribution is 2.40. The van der Waals surface area contributed by atoms with Crippen molar-refractivity contribution in [3.05, 3.63) is 110 Å². The number of carbonyl (C=O) groups is 1. The van der Waals surface area contributed by atoms with Crippen molar-refractivity contribution in [2.75, 3.05) is 17.7 Å². The molecule has 0 bridgehead atoms. The summed E-state index contributed by atoms with van der Waals surface area (Å²) in [7, 11) is 1.37. The minimum absolute atomic E-state index is 0.115. The molecule has 2 N–H and O–H groups in total. The highest BCUT2D eigenvalue weighted by Gasteiger charge is 2.35. The van der Waals surface area contributed by atoms with Crippen molar-refractivity contribution in [3.63, 3.8) is 0 Å². The van der Waals surface area contributed by atoms with Gasteiger partial charge in [-0.2, -0.15) is 4.98 Å². The molecule has 0 spiro atoms. The van der Waals surface area contributed by atoms with Crippen LogP contribution in [0.4, 0.5) is 17.3 Å². The fraction of sp³-hybridized carbons (Fsp3) is 0.179. The van der Waals surface area contributed by atoms with Gasteiger partial charge in [0, 0.05) is 28.2 Å². The number of halogens is 1. The number of aryl methyl sites for hydroxylation is 1. The van der Waals surface area contributed by atoms with Crippen LogP contribution in [0.25, 0.3) is 0 Å². The molecular weight excluding hydrogens is 552 g/mol. The number of rotatable bonds is 8. The number of ether oxygens (including phenoxy) is 1. The average molecular weight is 577 g/mol. The van der Waals surface area contributed by atoms with E-state index >= 15 is 0 Å². The molecule has 40 heavy (non-hydrogen) atoms. The number of amides is 1. The summed E-state index contributed by atoms with van der Waals surface area (Å²) in [5.74, 6) is 0.693. The third-order valence-corrected chi connectivity index (χ3v) is 7.64. The number of nitrogens with one attached hydrogen (secondary N) is 2. The molecule has 204 valence electrons. The number of thioether (sulfide) groups is 1. The van der Waals surface area contributed by atoms with Crippen LogP contribution in [-0.4, -0.2) is 32.7 Å². The molecule has 4 aromatic rings. The first-order chi connectivity index (χ1) is 19.2. The summed E-state index contributed by atoms with van der Waals surface area (Å²) in [4.78, 5) is 29.7. The van der Waals surface area contributed by atoms with E-state index in [2.05, 4.69) is 15.6 Å². The Bertz CT molecular complexity index is 1650. The van der Waals surface area contributed by atoms with Crippen molar-refractivity contribution in [2.24, 2.45) is 0 Å². The second-order valence-electron chi connectivity index (χ2n) is 9.12. The van der Waals surface area contributed by atoms with Gasteiger partial charge in [0.15, 0.2) is 5.75 Å². The van der Waals surface area contributed by atoms with E-state index in [1.54, 1.807) is 23.7 Å². The van der Waals surface area contributed by atoms with Gasteiger partial charge in [-0.15, -0.1) is 5.10 Å². The fourth-order valence-electron chi connectivity index (χ4n) is 4.49. The first-order valence-corrected chi connectivity index (χ1v) is 13.6. The van der Waals surface area contributed by atoms with Gasteiger partial charge in [0.1, 0.15) is 6.04 Å². The summed E-state index contributed by atoms with van der Waals surface area (Å²) < 4.78 is 6.78. The Morgan fingerprint density at radius 2 is 1.98 bits per heavy atom. The van der Waals surface area contributed by atoms with E-state index < -0.39 is 11.0 Å². The van der Waals surface area contributed by atoms with E-state index in [9.17, 15) is 14.9 Å². The molecule has 1 aliphatic heterocycles. The Kier molecular flexibility index (Phi) is 7.76. The topological polar surface area (TPSA) is 124 Å². The number of carbonyl (C=O) groups excluding carboxylic acids is 1. The van der Waals surface area contributed by atoms with Crippen LogP contribution in [0.2, 0.25) is 5.02 Å². The number of anilines is 2. The van der Waals surface area contributed by atoms with Gasteiger partial charge in [-0.25, -0.2) is 4.68 Å². The van der Waals surface area contributed by atoms with Gasteiger partial charge in [0.2, 0.25) is 11.1 Å². The predicted molar refractivity (Wildman–Crippen MR) is 155 cm³/mol. The normalized spacial score (nSPS) is 14.3. The van der Waals surface area contributed by atoms with Crippen LogP contribution >= 0.6 is 23.4 Å². The first kappa shape index (κ1) is 27.2. The Hall–Kier alpha value is -4.35. The van der Waals surface area contributed by atoms with E-state index in [1.807, 2.05) is 49.4 Å². The molecular formula is C28H25ClN6O4S. The minimum Gasteiger partial charge on any atom is -0.490 e. The van der Waals surface area contributed by atoms with Crippen molar-refractivity contribution in [3.8, 4) is 5.75 Å². The zero-order valence-electron chi connectivity index (χ0n) is 21.8. The van der Waals surface area contributed by atoms with E-state index in [4.69, 9.17) is 21.4 Å². The average Bonchev–Trinajstić information content (AvgIpc) is 3.33. The monoisotopic (exact) mass is 576 g/mol. The Morgan fingerprint density at radius 1 is 1.18 bits per heavy atom. The number of aromatic nitrogens is 3. The SMILES string of the molecule is COc1ccc(C2C(C(=O)Nc3cccc(C)c3)=C(C)Nc3nc(SCc4ccccc4Cl)nn32)cc1[N+](=O)[O-]. The van der Waals surface area contributed by atoms with Gasteiger partial charge in [-0.3, -0.25) is 14.9 Å². The van der Waals surface area contributed by atoms with Crippen LogP contribution in [0.3, 0.4) is 0 Å². The van der Waals surface area contributed by atoms with Crippen molar-refractivity contribution in [1.29, 1.82) is 0 Å². The molecule has 1 unspecified atom stereocenters. The summed E-state index contributed by atoms with van der Waals surface area (Å²) in [6, 6.07) is 18.8. The molecule has 1 aliphatic rings. The van der Waals surface area contributed by atoms with Gasteiger partial charge in [0.25, 0.3) is 5.91 Å². The van der Waals surface area contributed by atoms with Gasteiger partial charge >= 0.3 is 5.69 Å². The maximum atomic E-state index is 13.7.